The molecular weight excluding hydrogens is 280 g/mol. The van der Waals surface area contributed by atoms with Gasteiger partial charge in [-0.1, -0.05) is 24.9 Å². The van der Waals surface area contributed by atoms with Crippen molar-refractivity contribution in [1.82, 2.24) is 9.55 Å². The normalized spacial score (nSPS) is 11.3. The van der Waals surface area contributed by atoms with Crippen LogP contribution in [0.25, 0.3) is 11.0 Å². The minimum Gasteiger partial charge on any atom is -0.381 e. The molecule has 0 unspecified atom stereocenters. The van der Waals surface area contributed by atoms with Gasteiger partial charge in [0.25, 0.3) is 0 Å². The van der Waals surface area contributed by atoms with Crippen molar-refractivity contribution in [3.8, 4) is 0 Å². The van der Waals surface area contributed by atoms with E-state index in [0.717, 1.165) is 53.4 Å². The lowest BCUT2D eigenvalue weighted by Crippen LogP contribution is -2.03. The van der Waals surface area contributed by atoms with E-state index in [-0.39, 0.29) is 0 Å². The van der Waals surface area contributed by atoms with Gasteiger partial charge in [0, 0.05) is 24.8 Å². The number of ether oxygens (including phenoxy) is 1. The summed E-state index contributed by atoms with van der Waals surface area (Å²) in [5, 5.41) is 0.721. The molecule has 2 aromatic rings. The third kappa shape index (κ3) is 3.81. The van der Waals surface area contributed by atoms with Crippen LogP contribution in [0.5, 0.6) is 0 Å². The van der Waals surface area contributed by atoms with Crippen LogP contribution in [0.2, 0.25) is 5.02 Å². The monoisotopic (exact) mass is 298 g/mol. The minimum absolute atomic E-state index is 0.721. The third-order valence-electron chi connectivity index (χ3n) is 3.05. The molecule has 0 saturated heterocycles. The lowest BCUT2D eigenvalue weighted by molar-refractivity contribution is 0.126. The first-order valence-electron chi connectivity index (χ1n) is 6.68. The Balaban J connectivity index is 1.97. The zero-order chi connectivity index (χ0) is 13.7. The van der Waals surface area contributed by atoms with Crippen LogP contribution in [0, 0.1) is 4.77 Å². The molecule has 19 heavy (non-hydrogen) atoms. The van der Waals surface area contributed by atoms with Gasteiger partial charge in [-0.15, -0.1) is 0 Å². The van der Waals surface area contributed by atoms with E-state index in [1.807, 2.05) is 18.2 Å². The van der Waals surface area contributed by atoms with E-state index in [2.05, 4.69) is 16.5 Å². The third-order valence-corrected chi connectivity index (χ3v) is 3.61. The van der Waals surface area contributed by atoms with Crippen molar-refractivity contribution >= 4 is 34.9 Å². The summed E-state index contributed by atoms with van der Waals surface area (Å²) < 4.78 is 8.41. The van der Waals surface area contributed by atoms with Gasteiger partial charge in [0.15, 0.2) is 4.77 Å². The SMILES string of the molecule is CCCCOCCCn1c(=S)[nH]c2cc(Cl)ccc21. The summed E-state index contributed by atoms with van der Waals surface area (Å²) >= 11 is 11.3. The Morgan fingerprint density at radius 3 is 2.89 bits per heavy atom. The van der Waals surface area contributed by atoms with Crippen molar-refractivity contribution < 1.29 is 4.74 Å². The summed E-state index contributed by atoms with van der Waals surface area (Å²) in [6, 6.07) is 5.80. The number of aromatic amines is 1. The number of aromatic nitrogens is 2. The van der Waals surface area contributed by atoms with Gasteiger partial charge >= 0.3 is 0 Å². The van der Waals surface area contributed by atoms with Crippen LogP contribution in [0.15, 0.2) is 18.2 Å². The molecule has 0 spiro atoms. The molecule has 1 heterocycles. The number of benzene rings is 1. The molecule has 0 atom stereocenters. The summed E-state index contributed by atoms with van der Waals surface area (Å²) in [5.41, 5.74) is 2.09. The van der Waals surface area contributed by atoms with Crippen LogP contribution in [0.3, 0.4) is 0 Å². The Morgan fingerprint density at radius 2 is 2.11 bits per heavy atom. The average molecular weight is 299 g/mol. The van der Waals surface area contributed by atoms with Gasteiger partial charge in [-0.25, -0.2) is 0 Å². The number of hydrogen-bond acceptors (Lipinski definition) is 2. The number of hydrogen-bond donors (Lipinski definition) is 1. The fourth-order valence-electron chi connectivity index (χ4n) is 2.03. The van der Waals surface area contributed by atoms with Crippen molar-refractivity contribution in [1.29, 1.82) is 0 Å². The van der Waals surface area contributed by atoms with Crippen LogP contribution in [0.1, 0.15) is 26.2 Å². The highest BCUT2D eigenvalue weighted by atomic mass is 35.5. The minimum atomic E-state index is 0.721. The number of imidazole rings is 1. The number of nitrogens with one attached hydrogen (secondary N) is 1. The fourth-order valence-corrected chi connectivity index (χ4v) is 2.50. The molecule has 0 aliphatic rings. The maximum atomic E-state index is 5.97. The topological polar surface area (TPSA) is 29.9 Å². The van der Waals surface area contributed by atoms with Gasteiger partial charge in [-0.05, 0) is 43.3 Å². The van der Waals surface area contributed by atoms with Gasteiger partial charge in [0.2, 0.25) is 0 Å². The summed E-state index contributed by atoms with van der Waals surface area (Å²) in [4.78, 5) is 3.18. The van der Waals surface area contributed by atoms with Gasteiger partial charge in [0.1, 0.15) is 0 Å². The highest BCUT2D eigenvalue weighted by Gasteiger charge is 2.04. The number of fused-ring (bicyclic) bond motifs is 1. The summed E-state index contributed by atoms with van der Waals surface area (Å²) in [6.45, 7) is 4.67. The molecule has 0 fully saturated rings. The Kier molecular flexibility index (Phi) is 5.43. The van der Waals surface area contributed by atoms with Gasteiger partial charge in [0.05, 0.1) is 11.0 Å². The molecule has 2 rings (SSSR count). The Labute approximate surface area is 123 Å². The number of halogens is 1. The molecule has 5 heteroatoms. The predicted octanol–water partition coefficient (Wildman–Crippen LogP) is 4.56. The fraction of sp³-hybridized carbons (Fsp3) is 0.500. The largest absolute Gasteiger partial charge is 0.381 e. The second kappa shape index (κ2) is 7.08. The first-order chi connectivity index (χ1) is 9.22. The van der Waals surface area contributed by atoms with E-state index >= 15 is 0 Å². The van der Waals surface area contributed by atoms with Crippen molar-refractivity contribution in [3.05, 3.63) is 28.0 Å². The Morgan fingerprint density at radius 1 is 1.32 bits per heavy atom. The first kappa shape index (κ1) is 14.6. The predicted molar refractivity (Wildman–Crippen MR) is 82.5 cm³/mol. The molecule has 1 aromatic heterocycles. The molecular formula is C14H19ClN2OS. The number of unbranched alkanes of at least 4 members (excludes halogenated alkanes) is 1. The van der Waals surface area contributed by atoms with Crippen molar-refractivity contribution in [2.45, 2.75) is 32.7 Å². The zero-order valence-electron chi connectivity index (χ0n) is 11.1. The van der Waals surface area contributed by atoms with E-state index in [9.17, 15) is 0 Å². The average Bonchev–Trinajstić information content (AvgIpc) is 2.69. The molecule has 0 aliphatic heterocycles. The van der Waals surface area contributed by atoms with Gasteiger partial charge in [-0.2, -0.15) is 0 Å². The van der Waals surface area contributed by atoms with Crippen LogP contribution >= 0.6 is 23.8 Å². The standard InChI is InChI=1S/C14H19ClN2OS/c1-2-3-8-18-9-4-7-17-13-6-5-11(15)10-12(13)16-14(17)19/h5-6,10H,2-4,7-9H2,1H3,(H,16,19). The number of nitrogens with zero attached hydrogens (tertiary/aromatic N) is 1. The number of aryl methyl sites for hydroxylation is 1. The maximum Gasteiger partial charge on any atom is 0.178 e. The molecule has 104 valence electrons. The number of rotatable bonds is 7. The lowest BCUT2D eigenvalue weighted by Gasteiger charge is -2.05. The van der Waals surface area contributed by atoms with E-state index in [1.54, 1.807) is 0 Å². The lowest BCUT2D eigenvalue weighted by atomic mass is 10.3. The molecule has 1 aromatic carbocycles. The number of H-pyrrole nitrogens is 1. The van der Waals surface area contributed by atoms with Crippen LogP contribution in [0.4, 0.5) is 0 Å². The second-order valence-corrected chi connectivity index (χ2v) is 5.39. The summed E-state index contributed by atoms with van der Waals surface area (Å²) in [6.07, 6.45) is 3.27. The van der Waals surface area contributed by atoms with Gasteiger partial charge < -0.3 is 14.3 Å². The van der Waals surface area contributed by atoms with E-state index in [4.69, 9.17) is 28.6 Å². The summed E-state index contributed by atoms with van der Waals surface area (Å²) in [5.74, 6) is 0. The van der Waals surface area contributed by atoms with E-state index in [0.29, 0.717) is 0 Å². The molecule has 0 aliphatic carbocycles. The second-order valence-electron chi connectivity index (χ2n) is 4.56. The maximum absolute atomic E-state index is 5.97. The Hall–Kier alpha value is -0.840. The Bertz CT molecular complexity index is 591. The zero-order valence-corrected chi connectivity index (χ0v) is 12.7. The first-order valence-corrected chi connectivity index (χ1v) is 7.47. The van der Waals surface area contributed by atoms with Crippen molar-refractivity contribution in [3.63, 3.8) is 0 Å². The van der Waals surface area contributed by atoms with Crippen molar-refractivity contribution in [2.75, 3.05) is 13.2 Å². The highest BCUT2D eigenvalue weighted by molar-refractivity contribution is 7.71. The summed E-state index contributed by atoms with van der Waals surface area (Å²) in [7, 11) is 0. The van der Waals surface area contributed by atoms with Crippen LogP contribution < -0.4 is 0 Å². The quantitative estimate of drug-likeness (QED) is 0.600. The molecule has 3 nitrogen and oxygen atoms in total. The van der Waals surface area contributed by atoms with Gasteiger partial charge in [-0.3, -0.25) is 0 Å². The van der Waals surface area contributed by atoms with Crippen molar-refractivity contribution in [2.24, 2.45) is 0 Å². The molecule has 1 N–H and O–H groups in total. The molecule has 0 amide bonds. The van der Waals surface area contributed by atoms with Crippen LogP contribution in [-0.2, 0) is 11.3 Å². The molecule has 0 bridgehead atoms. The molecule has 0 saturated carbocycles. The van der Waals surface area contributed by atoms with E-state index in [1.165, 1.54) is 6.42 Å². The van der Waals surface area contributed by atoms with Crippen LogP contribution in [-0.4, -0.2) is 22.8 Å². The molecule has 0 radical (unpaired) electrons. The smallest absolute Gasteiger partial charge is 0.178 e. The highest BCUT2D eigenvalue weighted by Crippen LogP contribution is 2.19. The van der Waals surface area contributed by atoms with E-state index < -0.39 is 0 Å².